The highest BCUT2D eigenvalue weighted by molar-refractivity contribution is 6.32. The molecule has 0 bridgehead atoms. The highest BCUT2D eigenvalue weighted by Gasteiger charge is 2.12. The fraction of sp³-hybridized carbons (Fsp3) is 0.474. The van der Waals surface area contributed by atoms with Crippen molar-refractivity contribution in [3.63, 3.8) is 0 Å². The third-order valence-electron chi connectivity index (χ3n) is 3.80. The van der Waals surface area contributed by atoms with Gasteiger partial charge in [0.1, 0.15) is 31.5 Å². The van der Waals surface area contributed by atoms with Crippen LogP contribution in [0.15, 0.2) is 33.8 Å². The number of ether oxygens (including phenoxy) is 4. The normalized spacial score (nSPS) is 13.5. The number of aliphatic imine (C=N–C) groups is 1. The first kappa shape index (κ1) is 19.7. The van der Waals surface area contributed by atoms with Crippen LogP contribution in [0.25, 0.3) is 0 Å². The van der Waals surface area contributed by atoms with E-state index in [2.05, 4.69) is 10.1 Å². The van der Waals surface area contributed by atoms with Crippen LogP contribution in [0.3, 0.4) is 0 Å². The van der Waals surface area contributed by atoms with Crippen molar-refractivity contribution in [2.24, 2.45) is 4.99 Å². The summed E-state index contributed by atoms with van der Waals surface area (Å²) in [6.07, 6.45) is 1.65. The summed E-state index contributed by atoms with van der Waals surface area (Å²) in [5.41, 5.74) is 1.75. The molecule has 0 fully saturated rings. The molecule has 1 aliphatic rings. The van der Waals surface area contributed by atoms with Crippen molar-refractivity contribution in [2.75, 3.05) is 39.8 Å². The zero-order valence-electron chi connectivity index (χ0n) is 15.3. The molecule has 146 valence electrons. The molecule has 0 atom stereocenters. The summed E-state index contributed by atoms with van der Waals surface area (Å²) in [6, 6.07) is 7.41. The van der Waals surface area contributed by atoms with E-state index in [4.69, 9.17) is 35.1 Å². The van der Waals surface area contributed by atoms with Gasteiger partial charge in [0.2, 0.25) is 5.90 Å². The Bertz CT molecular complexity index is 762. The second-order valence-corrected chi connectivity index (χ2v) is 6.41. The van der Waals surface area contributed by atoms with Gasteiger partial charge in [0.15, 0.2) is 0 Å². The molecule has 2 heterocycles. The molecule has 0 amide bonds. The number of halogens is 1. The minimum Gasteiger partial charge on any atom is -0.490 e. The van der Waals surface area contributed by atoms with E-state index in [1.807, 2.05) is 25.1 Å². The average Bonchev–Trinajstić information content (AvgIpc) is 3.33. The van der Waals surface area contributed by atoms with E-state index in [-0.39, 0.29) is 6.79 Å². The van der Waals surface area contributed by atoms with Crippen LogP contribution in [0.5, 0.6) is 5.75 Å². The lowest BCUT2D eigenvalue weighted by Gasteiger charge is -2.10. The summed E-state index contributed by atoms with van der Waals surface area (Å²) in [5, 5.41) is 4.36. The molecule has 2 aromatic rings. The number of hydrogen-bond donors (Lipinski definition) is 0. The second kappa shape index (κ2) is 10.3. The van der Waals surface area contributed by atoms with Crippen LogP contribution in [0, 0.1) is 6.92 Å². The molecule has 8 heteroatoms. The summed E-state index contributed by atoms with van der Waals surface area (Å²) in [6.45, 7) is 4.82. The van der Waals surface area contributed by atoms with E-state index in [1.54, 1.807) is 6.07 Å². The summed E-state index contributed by atoms with van der Waals surface area (Å²) >= 11 is 6.24. The Morgan fingerprint density at radius 2 is 2.04 bits per heavy atom. The summed E-state index contributed by atoms with van der Waals surface area (Å²) < 4.78 is 27.0. The van der Waals surface area contributed by atoms with Crippen molar-refractivity contribution < 1.29 is 23.5 Å². The maximum absolute atomic E-state index is 6.24. The Hall–Kier alpha value is -2.09. The predicted molar refractivity (Wildman–Crippen MR) is 101 cm³/mol. The molecule has 0 unspecified atom stereocenters. The first-order valence-corrected chi connectivity index (χ1v) is 9.28. The highest BCUT2D eigenvalue weighted by Crippen LogP contribution is 2.26. The van der Waals surface area contributed by atoms with Crippen molar-refractivity contribution in [3.8, 4) is 5.75 Å². The molecule has 0 aliphatic carbocycles. The van der Waals surface area contributed by atoms with Gasteiger partial charge in [-0.2, -0.15) is 0 Å². The lowest BCUT2D eigenvalue weighted by atomic mass is 10.2. The van der Waals surface area contributed by atoms with Crippen LogP contribution in [0.4, 0.5) is 0 Å². The molecule has 0 spiro atoms. The van der Waals surface area contributed by atoms with Crippen molar-refractivity contribution in [2.45, 2.75) is 19.8 Å². The maximum atomic E-state index is 6.24. The molecular formula is C19H23ClN2O5. The van der Waals surface area contributed by atoms with Crippen molar-refractivity contribution >= 4 is 17.5 Å². The number of hydrogen-bond acceptors (Lipinski definition) is 7. The second-order valence-electron chi connectivity index (χ2n) is 6.00. The Morgan fingerprint density at radius 3 is 2.78 bits per heavy atom. The van der Waals surface area contributed by atoms with Gasteiger partial charge < -0.3 is 23.5 Å². The summed E-state index contributed by atoms with van der Waals surface area (Å²) in [7, 11) is 0. The Morgan fingerprint density at radius 1 is 1.15 bits per heavy atom. The molecule has 1 aromatic heterocycles. The molecular weight excluding hydrogens is 372 g/mol. The average molecular weight is 395 g/mol. The molecule has 1 aromatic carbocycles. The van der Waals surface area contributed by atoms with E-state index in [9.17, 15) is 0 Å². The Labute approximate surface area is 163 Å². The fourth-order valence-electron chi connectivity index (χ4n) is 2.53. The molecule has 3 rings (SSSR count). The van der Waals surface area contributed by atoms with Gasteiger partial charge in [0.25, 0.3) is 0 Å². The van der Waals surface area contributed by atoms with Gasteiger partial charge in [-0.3, -0.25) is 0 Å². The van der Waals surface area contributed by atoms with Crippen molar-refractivity contribution in [1.29, 1.82) is 0 Å². The molecule has 0 saturated carbocycles. The number of aromatic nitrogens is 1. The molecule has 0 N–H and O–H groups in total. The quantitative estimate of drug-likeness (QED) is 0.429. The van der Waals surface area contributed by atoms with E-state index < -0.39 is 0 Å². The van der Waals surface area contributed by atoms with E-state index in [0.717, 1.165) is 29.9 Å². The number of nitrogens with zero attached hydrogens (tertiary/aromatic N) is 2. The zero-order chi connectivity index (χ0) is 18.9. The topological polar surface area (TPSA) is 75.3 Å². The molecule has 1 aliphatic heterocycles. The van der Waals surface area contributed by atoms with Gasteiger partial charge in [0, 0.05) is 24.7 Å². The van der Waals surface area contributed by atoms with E-state index >= 15 is 0 Å². The molecule has 0 saturated heterocycles. The van der Waals surface area contributed by atoms with Crippen LogP contribution in [0.2, 0.25) is 5.02 Å². The van der Waals surface area contributed by atoms with Crippen molar-refractivity contribution in [1.82, 2.24) is 5.16 Å². The van der Waals surface area contributed by atoms with Crippen LogP contribution in [0.1, 0.15) is 23.4 Å². The van der Waals surface area contributed by atoms with Gasteiger partial charge in [-0.15, -0.1) is 0 Å². The first-order chi connectivity index (χ1) is 13.2. The van der Waals surface area contributed by atoms with Crippen LogP contribution in [-0.4, -0.2) is 50.8 Å². The maximum Gasteiger partial charge on any atom is 0.216 e. The van der Waals surface area contributed by atoms with E-state index in [0.29, 0.717) is 49.6 Å². The Balaban J connectivity index is 1.25. The van der Waals surface area contributed by atoms with Crippen molar-refractivity contribution in [3.05, 3.63) is 46.3 Å². The lowest BCUT2D eigenvalue weighted by Crippen LogP contribution is -2.10. The minimum absolute atomic E-state index is 0.225. The van der Waals surface area contributed by atoms with E-state index in [1.165, 1.54) is 0 Å². The summed E-state index contributed by atoms with van der Waals surface area (Å²) in [5.74, 6) is 2.10. The predicted octanol–water partition coefficient (Wildman–Crippen LogP) is 3.42. The highest BCUT2D eigenvalue weighted by atomic mass is 35.5. The SMILES string of the molecule is Cc1cc(CCCOCOCCOc2ccc(C3=NCCO3)cc2Cl)on1. The van der Waals surface area contributed by atoms with Gasteiger partial charge in [0.05, 0.1) is 23.9 Å². The molecule has 0 radical (unpaired) electrons. The smallest absolute Gasteiger partial charge is 0.216 e. The molecule has 7 nitrogen and oxygen atoms in total. The van der Waals surface area contributed by atoms with Gasteiger partial charge in [-0.25, -0.2) is 4.99 Å². The number of rotatable bonds is 11. The Kier molecular flexibility index (Phi) is 7.50. The summed E-state index contributed by atoms with van der Waals surface area (Å²) in [4.78, 5) is 4.26. The van der Waals surface area contributed by atoms with Gasteiger partial charge in [-0.1, -0.05) is 16.8 Å². The minimum atomic E-state index is 0.225. The van der Waals surface area contributed by atoms with Crippen LogP contribution >= 0.6 is 11.6 Å². The van der Waals surface area contributed by atoms with Gasteiger partial charge in [-0.05, 0) is 31.5 Å². The number of benzene rings is 1. The fourth-order valence-corrected chi connectivity index (χ4v) is 2.77. The number of aryl methyl sites for hydroxylation is 2. The standard InChI is InChI=1S/C19H23ClN2O5/c1-14-11-16(27-22-14)3-2-7-23-13-24-9-10-25-18-5-4-15(12-17(18)20)19-21-6-8-26-19/h4-5,11-12H,2-3,6-10,13H2,1H3. The largest absolute Gasteiger partial charge is 0.490 e. The lowest BCUT2D eigenvalue weighted by molar-refractivity contribution is -0.0609. The van der Waals surface area contributed by atoms with Crippen LogP contribution < -0.4 is 4.74 Å². The van der Waals surface area contributed by atoms with Crippen LogP contribution in [-0.2, 0) is 20.6 Å². The first-order valence-electron chi connectivity index (χ1n) is 8.90. The third kappa shape index (κ3) is 6.23. The monoisotopic (exact) mass is 394 g/mol. The molecule has 27 heavy (non-hydrogen) atoms. The van der Waals surface area contributed by atoms with Gasteiger partial charge >= 0.3 is 0 Å². The zero-order valence-corrected chi connectivity index (χ0v) is 16.0. The third-order valence-corrected chi connectivity index (χ3v) is 4.10.